The van der Waals surface area contributed by atoms with Crippen LogP contribution in [-0.2, 0) is 11.2 Å². The molecule has 2 saturated heterocycles. The largest absolute Gasteiger partial charge is 0.497 e. The molecule has 1 unspecified atom stereocenters. The average molecular weight is 540 g/mol. The number of furan rings is 1. The predicted molar refractivity (Wildman–Crippen MR) is 134 cm³/mol. The van der Waals surface area contributed by atoms with E-state index in [1.54, 1.807) is 13.4 Å². The van der Waals surface area contributed by atoms with Crippen molar-refractivity contribution in [1.82, 2.24) is 10.2 Å². The first-order valence-corrected chi connectivity index (χ1v) is 10.8. The number of aliphatic imine (C=N–C) groups is 1. The Morgan fingerprint density at radius 3 is 2.61 bits per heavy atom. The summed E-state index contributed by atoms with van der Waals surface area (Å²) >= 11 is 0. The van der Waals surface area contributed by atoms with Gasteiger partial charge in [-0.2, -0.15) is 0 Å². The Hall–Kier alpha value is -1.94. The molecule has 2 fully saturated rings. The monoisotopic (exact) mass is 540 g/mol. The van der Waals surface area contributed by atoms with Crippen molar-refractivity contribution in [3.05, 3.63) is 48.4 Å². The van der Waals surface area contributed by atoms with Gasteiger partial charge in [0.2, 0.25) is 0 Å². The van der Waals surface area contributed by atoms with Crippen molar-refractivity contribution in [3.63, 3.8) is 0 Å². The van der Waals surface area contributed by atoms with Gasteiger partial charge in [-0.3, -0.25) is 4.99 Å². The first kappa shape index (κ1) is 23.7. The number of benzene rings is 1. The molecule has 4 rings (SSSR count). The van der Waals surface area contributed by atoms with E-state index >= 15 is 0 Å². The lowest BCUT2D eigenvalue weighted by Gasteiger charge is -2.38. The Kier molecular flexibility index (Phi) is 9.32. The molecule has 31 heavy (non-hydrogen) atoms. The molecular formula is C23H33IN4O3. The molecule has 0 bridgehead atoms. The molecular weight excluding hydrogens is 507 g/mol. The SMILES string of the molecule is COc1ccc(N2CCN(C(=NCC3CCOC3)NCCc3ccco3)CC2)cc1.I. The molecule has 0 aliphatic carbocycles. The third-order valence-corrected chi connectivity index (χ3v) is 5.77. The number of piperazine rings is 1. The number of methoxy groups -OCH3 is 1. The van der Waals surface area contributed by atoms with Crippen molar-refractivity contribution in [3.8, 4) is 5.75 Å². The number of rotatable bonds is 7. The summed E-state index contributed by atoms with van der Waals surface area (Å²) in [6.45, 7) is 7.15. The third kappa shape index (κ3) is 6.77. The van der Waals surface area contributed by atoms with Crippen LogP contribution in [-0.4, -0.2) is 70.5 Å². The lowest BCUT2D eigenvalue weighted by Crippen LogP contribution is -2.53. The number of nitrogens with one attached hydrogen (secondary N) is 1. The lowest BCUT2D eigenvalue weighted by atomic mass is 10.1. The summed E-state index contributed by atoms with van der Waals surface area (Å²) in [5.74, 6) is 3.43. The molecule has 0 saturated carbocycles. The van der Waals surface area contributed by atoms with Crippen LogP contribution in [0, 0.1) is 5.92 Å². The standard InChI is InChI=1S/C23H32N4O3.HI/c1-28-21-6-4-20(5-7-21)26-11-13-27(14-12-26)23(25-17-19-9-16-29-18-19)24-10-8-22-3-2-15-30-22;/h2-7,15,19H,8-14,16-18H2,1H3,(H,24,25);1H. The predicted octanol–water partition coefficient (Wildman–Crippen LogP) is 3.25. The summed E-state index contributed by atoms with van der Waals surface area (Å²) in [5.41, 5.74) is 1.24. The zero-order chi connectivity index (χ0) is 20.6. The first-order valence-electron chi connectivity index (χ1n) is 10.8. The van der Waals surface area contributed by atoms with E-state index in [0.29, 0.717) is 5.92 Å². The maximum atomic E-state index is 5.51. The van der Waals surface area contributed by atoms with Crippen LogP contribution in [0.15, 0.2) is 52.1 Å². The van der Waals surface area contributed by atoms with Gasteiger partial charge >= 0.3 is 0 Å². The zero-order valence-corrected chi connectivity index (χ0v) is 20.5. The second-order valence-corrected chi connectivity index (χ2v) is 7.82. The molecule has 0 amide bonds. The molecule has 1 N–H and O–H groups in total. The lowest BCUT2D eigenvalue weighted by molar-refractivity contribution is 0.187. The van der Waals surface area contributed by atoms with Crippen LogP contribution in [0.4, 0.5) is 5.69 Å². The third-order valence-electron chi connectivity index (χ3n) is 5.77. The number of hydrogen-bond acceptors (Lipinski definition) is 5. The molecule has 2 aromatic rings. The molecule has 0 radical (unpaired) electrons. The Balaban J connectivity index is 0.00000272. The highest BCUT2D eigenvalue weighted by Gasteiger charge is 2.21. The van der Waals surface area contributed by atoms with Crippen LogP contribution in [0.3, 0.4) is 0 Å². The normalized spacial score (nSPS) is 19.3. The van der Waals surface area contributed by atoms with Crippen LogP contribution in [0.1, 0.15) is 12.2 Å². The van der Waals surface area contributed by atoms with E-state index in [2.05, 4.69) is 27.2 Å². The summed E-state index contributed by atoms with van der Waals surface area (Å²) in [6, 6.07) is 12.3. The molecule has 2 aliphatic heterocycles. The van der Waals surface area contributed by atoms with Crippen molar-refractivity contribution >= 4 is 35.6 Å². The molecule has 0 spiro atoms. The second kappa shape index (κ2) is 12.2. The molecule has 3 heterocycles. The number of hydrogen-bond donors (Lipinski definition) is 1. The zero-order valence-electron chi connectivity index (χ0n) is 18.2. The second-order valence-electron chi connectivity index (χ2n) is 7.82. The Bertz CT molecular complexity index is 784. The fourth-order valence-electron chi connectivity index (χ4n) is 3.93. The fourth-order valence-corrected chi connectivity index (χ4v) is 3.93. The number of halogens is 1. The van der Waals surface area contributed by atoms with Crippen molar-refractivity contribution in [1.29, 1.82) is 0 Å². The Labute approximate surface area is 201 Å². The highest BCUT2D eigenvalue weighted by Crippen LogP contribution is 2.20. The van der Waals surface area contributed by atoms with Gasteiger partial charge in [0, 0.05) is 63.9 Å². The molecule has 2 aliphatic rings. The van der Waals surface area contributed by atoms with Gasteiger partial charge in [0.05, 0.1) is 20.0 Å². The first-order chi connectivity index (χ1) is 14.8. The smallest absolute Gasteiger partial charge is 0.194 e. The topological polar surface area (TPSA) is 62.5 Å². The maximum Gasteiger partial charge on any atom is 0.194 e. The van der Waals surface area contributed by atoms with Crippen molar-refractivity contribution < 1.29 is 13.9 Å². The summed E-state index contributed by atoms with van der Waals surface area (Å²) in [6.07, 6.45) is 3.68. The summed E-state index contributed by atoms with van der Waals surface area (Å²) in [7, 11) is 1.70. The quantitative estimate of drug-likeness (QED) is 0.331. The van der Waals surface area contributed by atoms with Gasteiger partial charge in [-0.15, -0.1) is 24.0 Å². The molecule has 1 aromatic carbocycles. The number of anilines is 1. The molecule has 170 valence electrons. The van der Waals surface area contributed by atoms with Gasteiger partial charge in [0.25, 0.3) is 0 Å². The van der Waals surface area contributed by atoms with E-state index in [4.69, 9.17) is 18.9 Å². The highest BCUT2D eigenvalue weighted by molar-refractivity contribution is 14.0. The van der Waals surface area contributed by atoms with Crippen molar-refractivity contribution in [2.75, 3.05) is 64.5 Å². The van der Waals surface area contributed by atoms with E-state index in [1.807, 2.05) is 24.3 Å². The van der Waals surface area contributed by atoms with Crippen LogP contribution >= 0.6 is 24.0 Å². The number of ether oxygens (including phenoxy) is 2. The summed E-state index contributed by atoms with van der Waals surface area (Å²) in [5, 5.41) is 3.56. The molecule has 8 heteroatoms. The Morgan fingerprint density at radius 1 is 1.16 bits per heavy atom. The van der Waals surface area contributed by atoms with Gasteiger partial charge in [0.15, 0.2) is 5.96 Å². The summed E-state index contributed by atoms with van der Waals surface area (Å²) < 4.78 is 16.2. The fraction of sp³-hybridized carbons (Fsp3) is 0.522. The van der Waals surface area contributed by atoms with Crippen LogP contribution < -0.4 is 15.0 Å². The Morgan fingerprint density at radius 2 is 1.97 bits per heavy atom. The van der Waals surface area contributed by atoms with Gasteiger partial charge in [-0.05, 0) is 42.8 Å². The van der Waals surface area contributed by atoms with E-state index < -0.39 is 0 Å². The van der Waals surface area contributed by atoms with E-state index in [-0.39, 0.29) is 24.0 Å². The molecule has 1 atom stereocenters. The van der Waals surface area contributed by atoms with Crippen molar-refractivity contribution in [2.45, 2.75) is 12.8 Å². The molecule has 7 nitrogen and oxygen atoms in total. The van der Waals surface area contributed by atoms with Crippen LogP contribution in [0.5, 0.6) is 5.75 Å². The highest BCUT2D eigenvalue weighted by atomic mass is 127. The van der Waals surface area contributed by atoms with E-state index in [0.717, 1.165) is 82.8 Å². The minimum Gasteiger partial charge on any atom is -0.497 e. The maximum absolute atomic E-state index is 5.51. The molecule has 1 aromatic heterocycles. The van der Waals surface area contributed by atoms with E-state index in [9.17, 15) is 0 Å². The minimum absolute atomic E-state index is 0. The van der Waals surface area contributed by atoms with Gasteiger partial charge in [0.1, 0.15) is 11.5 Å². The van der Waals surface area contributed by atoms with Gasteiger partial charge in [-0.25, -0.2) is 0 Å². The minimum atomic E-state index is 0. The number of nitrogens with zero attached hydrogens (tertiary/aromatic N) is 3. The number of guanidine groups is 1. The van der Waals surface area contributed by atoms with Crippen LogP contribution in [0.25, 0.3) is 0 Å². The van der Waals surface area contributed by atoms with Gasteiger partial charge in [-0.1, -0.05) is 0 Å². The van der Waals surface area contributed by atoms with Crippen LogP contribution in [0.2, 0.25) is 0 Å². The summed E-state index contributed by atoms with van der Waals surface area (Å²) in [4.78, 5) is 9.75. The van der Waals surface area contributed by atoms with E-state index in [1.165, 1.54) is 5.69 Å². The van der Waals surface area contributed by atoms with Crippen molar-refractivity contribution in [2.24, 2.45) is 10.9 Å². The van der Waals surface area contributed by atoms with Gasteiger partial charge < -0.3 is 29.0 Å². The average Bonchev–Trinajstić information content (AvgIpc) is 3.51.